The zero-order valence-corrected chi connectivity index (χ0v) is 15.3. The van der Waals surface area contributed by atoms with Crippen molar-refractivity contribution >= 4 is 21.5 Å². The highest BCUT2D eigenvalue weighted by molar-refractivity contribution is 7.92. The molecule has 0 saturated heterocycles. The zero-order chi connectivity index (χ0) is 18.4. The maximum Gasteiger partial charge on any atom is 0.263 e. The van der Waals surface area contributed by atoms with Gasteiger partial charge >= 0.3 is 0 Å². The first-order valence-electron chi connectivity index (χ1n) is 8.36. The van der Waals surface area contributed by atoms with E-state index in [0.717, 1.165) is 24.2 Å². The highest BCUT2D eigenvalue weighted by Gasteiger charge is 2.14. The number of rotatable bonds is 7. The van der Waals surface area contributed by atoms with Crippen molar-refractivity contribution in [2.75, 3.05) is 16.6 Å². The molecule has 5 nitrogen and oxygen atoms in total. The molecular weight excluding hydrogens is 346 g/mol. The van der Waals surface area contributed by atoms with Gasteiger partial charge in [0.05, 0.1) is 16.8 Å². The molecule has 6 heteroatoms. The molecule has 0 unspecified atom stereocenters. The molecule has 0 fully saturated rings. The Hall–Kier alpha value is -2.86. The molecule has 2 aromatic carbocycles. The largest absolute Gasteiger partial charge is 0.383 e. The average Bonchev–Trinajstić information content (AvgIpc) is 2.64. The maximum absolute atomic E-state index is 12.4. The monoisotopic (exact) mass is 367 g/mol. The fraction of sp³-hybridized carbons (Fsp3) is 0.150. The highest BCUT2D eigenvalue weighted by atomic mass is 32.2. The molecule has 3 rings (SSSR count). The predicted octanol–water partition coefficient (Wildman–Crippen LogP) is 3.85. The van der Waals surface area contributed by atoms with Crippen molar-refractivity contribution in [2.24, 2.45) is 0 Å². The van der Waals surface area contributed by atoms with Crippen LogP contribution in [0, 0.1) is 6.92 Å². The van der Waals surface area contributed by atoms with Gasteiger partial charge in [0.1, 0.15) is 5.82 Å². The summed E-state index contributed by atoms with van der Waals surface area (Å²) in [5.41, 5.74) is 3.11. The van der Waals surface area contributed by atoms with E-state index in [2.05, 4.69) is 27.2 Å². The SMILES string of the molecule is Cc1ccc(S(=O)(=O)Nc2ccc(NCCc3ccccc3)cn2)cc1. The molecule has 0 bridgehead atoms. The molecule has 0 aliphatic carbocycles. The van der Waals surface area contributed by atoms with Crippen molar-refractivity contribution in [2.45, 2.75) is 18.2 Å². The van der Waals surface area contributed by atoms with Gasteiger partial charge in [-0.3, -0.25) is 4.72 Å². The summed E-state index contributed by atoms with van der Waals surface area (Å²) in [6.07, 6.45) is 2.53. The Bertz CT molecular complexity index is 939. The number of aryl methyl sites for hydroxylation is 1. The third-order valence-corrected chi connectivity index (χ3v) is 5.29. The van der Waals surface area contributed by atoms with Gasteiger partial charge in [-0.25, -0.2) is 13.4 Å². The van der Waals surface area contributed by atoms with Crippen LogP contribution in [-0.2, 0) is 16.4 Å². The molecule has 26 heavy (non-hydrogen) atoms. The van der Waals surface area contributed by atoms with Gasteiger partial charge in [-0.1, -0.05) is 48.0 Å². The van der Waals surface area contributed by atoms with Crippen LogP contribution in [0.5, 0.6) is 0 Å². The second-order valence-corrected chi connectivity index (χ2v) is 7.70. The fourth-order valence-electron chi connectivity index (χ4n) is 2.47. The van der Waals surface area contributed by atoms with Gasteiger partial charge in [-0.15, -0.1) is 0 Å². The Morgan fingerprint density at radius 2 is 1.65 bits per heavy atom. The Labute approximate surface area is 154 Å². The van der Waals surface area contributed by atoms with E-state index in [9.17, 15) is 8.42 Å². The topological polar surface area (TPSA) is 71.1 Å². The first-order valence-corrected chi connectivity index (χ1v) is 9.85. The molecule has 1 aromatic heterocycles. The van der Waals surface area contributed by atoms with E-state index in [1.807, 2.05) is 31.2 Å². The standard InChI is InChI=1S/C20H21N3O2S/c1-16-7-10-19(11-8-16)26(24,25)23-20-12-9-18(15-22-20)21-14-13-17-5-3-2-4-6-17/h2-12,15,21H,13-14H2,1H3,(H,22,23). The van der Waals surface area contributed by atoms with Gasteiger partial charge in [0.25, 0.3) is 10.0 Å². The van der Waals surface area contributed by atoms with Crippen LogP contribution in [0.4, 0.5) is 11.5 Å². The number of pyridine rings is 1. The normalized spacial score (nSPS) is 11.1. The van der Waals surface area contributed by atoms with Crippen LogP contribution in [0.3, 0.4) is 0 Å². The molecule has 0 atom stereocenters. The van der Waals surface area contributed by atoms with Crippen molar-refractivity contribution in [3.05, 3.63) is 84.1 Å². The molecule has 0 radical (unpaired) electrons. The number of nitrogens with one attached hydrogen (secondary N) is 2. The lowest BCUT2D eigenvalue weighted by Crippen LogP contribution is -2.14. The molecule has 0 aliphatic rings. The summed E-state index contributed by atoms with van der Waals surface area (Å²) in [5, 5.41) is 3.28. The second-order valence-electron chi connectivity index (χ2n) is 6.01. The van der Waals surface area contributed by atoms with Crippen LogP contribution in [0.25, 0.3) is 0 Å². The first kappa shape index (κ1) is 17.9. The predicted molar refractivity (Wildman–Crippen MR) is 105 cm³/mol. The smallest absolute Gasteiger partial charge is 0.263 e. The van der Waals surface area contributed by atoms with Crippen LogP contribution >= 0.6 is 0 Å². The molecular formula is C20H21N3O2S. The van der Waals surface area contributed by atoms with Crippen molar-refractivity contribution in [1.29, 1.82) is 0 Å². The number of hydrogen-bond acceptors (Lipinski definition) is 4. The number of anilines is 2. The van der Waals surface area contributed by atoms with Gasteiger partial charge in [0.2, 0.25) is 0 Å². The molecule has 0 aliphatic heterocycles. The summed E-state index contributed by atoms with van der Waals surface area (Å²) in [7, 11) is -3.63. The number of benzene rings is 2. The van der Waals surface area contributed by atoms with Gasteiger partial charge in [0.15, 0.2) is 0 Å². The quantitative estimate of drug-likeness (QED) is 0.665. The molecule has 0 amide bonds. The maximum atomic E-state index is 12.4. The van der Waals surface area contributed by atoms with Gasteiger partial charge in [0, 0.05) is 6.54 Å². The van der Waals surface area contributed by atoms with Gasteiger partial charge in [-0.05, 0) is 43.2 Å². The number of aromatic nitrogens is 1. The summed E-state index contributed by atoms with van der Waals surface area (Å²) < 4.78 is 27.2. The van der Waals surface area contributed by atoms with Crippen LogP contribution in [-0.4, -0.2) is 19.9 Å². The van der Waals surface area contributed by atoms with Gasteiger partial charge in [-0.2, -0.15) is 0 Å². The van der Waals surface area contributed by atoms with Crippen LogP contribution in [0.2, 0.25) is 0 Å². The van der Waals surface area contributed by atoms with E-state index in [-0.39, 0.29) is 4.90 Å². The molecule has 1 heterocycles. The van der Waals surface area contributed by atoms with E-state index in [1.165, 1.54) is 5.56 Å². The lowest BCUT2D eigenvalue weighted by Gasteiger charge is -2.09. The molecule has 0 saturated carbocycles. The fourth-order valence-corrected chi connectivity index (χ4v) is 3.48. The minimum absolute atomic E-state index is 0.218. The lowest BCUT2D eigenvalue weighted by molar-refractivity contribution is 0.601. The van der Waals surface area contributed by atoms with Crippen molar-refractivity contribution in [3.63, 3.8) is 0 Å². The highest BCUT2D eigenvalue weighted by Crippen LogP contribution is 2.16. The van der Waals surface area contributed by atoms with E-state index in [1.54, 1.807) is 36.5 Å². The van der Waals surface area contributed by atoms with Crippen LogP contribution in [0.15, 0.2) is 77.8 Å². The number of nitrogens with zero attached hydrogens (tertiary/aromatic N) is 1. The first-order chi connectivity index (χ1) is 12.5. The van der Waals surface area contributed by atoms with Crippen molar-refractivity contribution in [1.82, 2.24) is 4.98 Å². The van der Waals surface area contributed by atoms with Gasteiger partial charge < -0.3 is 5.32 Å². The average molecular weight is 367 g/mol. The van der Waals surface area contributed by atoms with Crippen molar-refractivity contribution < 1.29 is 8.42 Å². The van der Waals surface area contributed by atoms with E-state index in [4.69, 9.17) is 0 Å². The summed E-state index contributed by atoms with van der Waals surface area (Å²) in [5.74, 6) is 0.291. The zero-order valence-electron chi connectivity index (χ0n) is 14.5. The summed E-state index contributed by atoms with van der Waals surface area (Å²) >= 11 is 0. The third kappa shape index (κ3) is 4.83. The minimum Gasteiger partial charge on any atom is -0.383 e. The number of hydrogen-bond donors (Lipinski definition) is 2. The molecule has 0 spiro atoms. The Balaban J connectivity index is 1.58. The second kappa shape index (κ2) is 8.01. The lowest BCUT2D eigenvalue weighted by atomic mass is 10.1. The molecule has 2 N–H and O–H groups in total. The van der Waals surface area contributed by atoms with E-state index < -0.39 is 10.0 Å². The Kier molecular flexibility index (Phi) is 5.53. The van der Waals surface area contributed by atoms with E-state index >= 15 is 0 Å². The van der Waals surface area contributed by atoms with Crippen molar-refractivity contribution in [3.8, 4) is 0 Å². The number of sulfonamides is 1. The summed E-state index contributed by atoms with van der Waals surface area (Å²) in [6, 6.07) is 20.4. The third-order valence-electron chi connectivity index (χ3n) is 3.92. The summed E-state index contributed by atoms with van der Waals surface area (Å²) in [4.78, 5) is 4.40. The van der Waals surface area contributed by atoms with Crippen LogP contribution in [0.1, 0.15) is 11.1 Å². The Morgan fingerprint density at radius 3 is 2.31 bits per heavy atom. The molecule has 3 aromatic rings. The molecule has 134 valence electrons. The summed E-state index contributed by atoms with van der Waals surface area (Å²) in [6.45, 7) is 2.69. The van der Waals surface area contributed by atoms with Crippen LogP contribution < -0.4 is 10.0 Å². The van der Waals surface area contributed by atoms with E-state index in [0.29, 0.717) is 5.82 Å². The minimum atomic E-state index is -3.63. The Morgan fingerprint density at radius 1 is 0.923 bits per heavy atom.